The van der Waals surface area contributed by atoms with Crippen LogP contribution in [0.15, 0.2) is 29.1 Å². The van der Waals surface area contributed by atoms with Crippen molar-refractivity contribution in [3.63, 3.8) is 0 Å². The van der Waals surface area contributed by atoms with Crippen molar-refractivity contribution in [1.29, 1.82) is 0 Å². The molecule has 0 aromatic heterocycles. The Balaban J connectivity index is 2.45. The first-order chi connectivity index (χ1) is 14.0. The molecular formula is C22H25NO6. The number of aryl methyl sites for hydroxylation is 1. The molecule has 0 fully saturated rings. The number of rotatable bonds is 6. The number of ether oxygens (including phenoxy) is 4. The van der Waals surface area contributed by atoms with Crippen molar-refractivity contribution in [2.45, 2.75) is 18.9 Å². The number of hydrogen-bond acceptors (Lipinski definition) is 6. The third kappa shape index (κ3) is 3.48. The molecule has 2 aromatic rings. The van der Waals surface area contributed by atoms with Gasteiger partial charge in [-0.2, -0.15) is 0 Å². The van der Waals surface area contributed by atoms with Crippen molar-refractivity contribution < 1.29 is 23.7 Å². The van der Waals surface area contributed by atoms with Crippen LogP contribution in [0.25, 0.3) is 11.1 Å². The first kappa shape index (κ1) is 20.5. The minimum atomic E-state index is -0.276. The summed E-state index contributed by atoms with van der Waals surface area (Å²) in [6.07, 6.45) is 2.08. The van der Waals surface area contributed by atoms with Crippen LogP contribution in [0.5, 0.6) is 23.0 Å². The summed E-state index contributed by atoms with van der Waals surface area (Å²) < 4.78 is 22.0. The summed E-state index contributed by atoms with van der Waals surface area (Å²) in [6, 6.07) is 6.67. The third-order valence-corrected chi connectivity index (χ3v) is 5.35. The smallest absolute Gasteiger partial charge is 0.220 e. The van der Waals surface area contributed by atoms with Gasteiger partial charge in [-0.15, -0.1) is 0 Å². The fraction of sp³-hybridized carbons (Fsp3) is 0.364. The molecule has 0 N–H and O–H groups in total. The van der Waals surface area contributed by atoms with Crippen LogP contribution in [0, 0.1) is 0 Å². The maximum Gasteiger partial charge on any atom is 0.220 e. The van der Waals surface area contributed by atoms with Crippen molar-refractivity contribution in [3.05, 3.63) is 45.6 Å². The largest absolute Gasteiger partial charge is 0.493 e. The first-order valence-corrected chi connectivity index (χ1v) is 9.22. The zero-order chi connectivity index (χ0) is 21.1. The number of hydrogen-bond donors (Lipinski definition) is 0. The fourth-order valence-electron chi connectivity index (χ4n) is 3.94. The first-order valence-electron chi connectivity index (χ1n) is 9.22. The molecule has 1 aliphatic rings. The highest BCUT2D eigenvalue weighted by atomic mass is 16.5. The van der Waals surface area contributed by atoms with Gasteiger partial charge in [0.05, 0.1) is 34.5 Å². The molecule has 7 nitrogen and oxygen atoms in total. The van der Waals surface area contributed by atoms with E-state index in [9.17, 15) is 9.59 Å². The highest BCUT2D eigenvalue weighted by molar-refractivity contribution is 5.82. The van der Waals surface area contributed by atoms with Gasteiger partial charge in [0.1, 0.15) is 0 Å². The summed E-state index contributed by atoms with van der Waals surface area (Å²) in [5.74, 6) is 1.79. The second kappa shape index (κ2) is 8.43. The number of methoxy groups -OCH3 is 4. The van der Waals surface area contributed by atoms with Gasteiger partial charge in [-0.3, -0.25) is 9.59 Å². The van der Waals surface area contributed by atoms with E-state index in [1.54, 1.807) is 45.4 Å². The predicted octanol–water partition coefficient (Wildman–Crippen LogP) is 2.82. The number of nitrogens with zero attached hydrogens (tertiary/aromatic N) is 1. The lowest BCUT2D eigenvalue weighted by Crippen LogP contribution is -2.23. The van der Waals surface area contributed by atoms with E-state index in [2.05, 4.69) is 0 Å². The molecule has 2 aromatic carbocycles. The molecule has 154 valence electrons. The van der Waals surface area contributed by atoms with Gasteiger partial charge in [0, 0.05) is 12.6 Å². The summed E-state index contributed by atoms with van der Waals surface area (Å²) in [7, 11) is 7.87. The number of fused-ring (bicyclic) bond motifs is 3. The molecule has 0 heterocycles. The molecule has 0 spiro atoms. The minimum absolute atomic E-state index is 0.228. The predicted molar refractivity (Wildman–Crippen MR) is 109 cm³/mol. The monoisotopic (exact) mass is 399 g/mol. The Hall–Kier alpha value is -3.22. The Labute approximate surface area is 169 Å². The zero-order valence-electron chi connectivity index (χ0n) is 17.3. The summed E-state index contributed by atoms with van der Waals surface area (Å²) >= 11 is 0. The lowest BCUT2D eigenvalue weighted by molar-refractivity contribution is -0.119. The van der Waals surface area contributed by atoms with Crippen molar-refractivity contribution in [2.75, 3.05) is 35.5 Å². The van der Waals surface area contributed by atoms with Crippen molar-refractivity contribution in [2.24, 2.45) is 0 Å². The van der Waals surface area contributed by atoms with Crippen LogP contribution in [-0.2, 0) is 11.2 Å². The van der Waals surface area contributed by atoms with Crippen LogP contribution in [0.2, 0.25) is 0 Å². The molecule has 0 saturated carbocycles. The molecule has 3 rings (SSSR count). The molecule has 7 heteroatoms. The molecule has 29 heavy (non-hydrogen) atoms. The van der Waals surface area contributed by atoms with E-state index in [1.165, 1.54) is 7.11 Å². The second-order valence-electron chi connectivity index (χ2n) is 6.78. The SMILES string of the molecule is COc1cc2c(c(OC)c1OC)-c1ccc(OC)c(=O)cc1[C@@H](N(C)C=O)CC2. The van der Waals surface area contributed by atoms with E-state index in [-0.39, 0.29) is 17.2 Å². The Morgan fingerprint density at radius 2 is 1.66 bits per heavy atom. The summed E-state index contributed by atoms with van der Waals surface area (Å²) in [4.78, 5) is 25.8. The van der Waals surface area contributed by atoms with Crippen LogP contribution >= 0.6 is 0 Å². The average molecular weight is 399 g/mol. The van der Waals surface area contributed by atoms with Gasteiger partial charge in [0.2, 0.25) is 17.6 Å². The third-order valence-electron chi connectivity index (χ3n) is 5.35. The Bertz CT molecular complexity index is 988. The quantitative estimate of drug-likeness (QED) is 0.696. The standard InChI is InChI=1S/C22H25NO6/c1-23(12-24)16-8-6-13-10-19(27-3)21(28-4)22(29-5)20(13)14-7-9-18(26-2)17(25)11-15(14)16/h7,9-12,16H,6,8H2,1-5H3/t16-/m0/s1. The summed E-state index contributed by atoms with van der Waals surface area (Å²) in [5.41, 5.74) is 3.08. The summed E-state index contributed by atoms with van der Waals surface area (Å²) in [6.45, 7) is 0. The molecule has 0 saturated heterocycles. The van der Waals surface area contributed by atoms with Gasteiger partial charge in [0.25, 0.3) is 0 Å². The van der Waals surface area contributed by atoms with Gasteiger partial charge >= 0.3 is 0 Å². The van der Waals surface area contributed by atoms with Gasteiger partial charge in [-0.25, -0.2) is 0 Å². The zero-order valence-corrected chi connectivity index (χ0v) is 17.3. The van der Waals surface area contributed by atoms with E-state index in [1.807, 2.05) is 12.1 Å². The molecule has 0 unspecified atom stereocenters. The highest BCUT2D eigenvalue weighted by Crippen LogP contribution is 2.50. The second-order valence-corrected chi connectivity index (χ2v) is 6.78. The minimum Gasteiger partial charge on any atom is -0.493 e. The fourth-order valence-corrected chi connectivity index (χ4v) is 3.94. The van der Waals surface area contributed by atoms with E-state index in [4.69, 9.17) is 18.9 Å². The van der Waals surface area contributed by atoms with Crippen LogP contribution in [0.3, 0.4) is 0 Å². The molecular weight excluding hydrogens is 374 g/mol. The van der Waals surface area contributed by atoms with E-state index in [0.717, 1.165) is 28.7 Å². The number of amides is 1. The van der Waals surface area contributed by atoms with Gasteiger partial charge in [-0.05, 0) is 47.7 Å². The van der Waals surface area contributed by atoms with Gasteiger partial charge < -0.3 is 23.8 Å². The number of carbonyl (C=O) groups excluding carboxylic acids is 1. The maximum absolute atomic E-state index is 12.7. The van der Waals surface area contributed by atoms with Gasteiger partial charge in [0.15, 0.2) is 17.2 Å². The molecule has 0 radical (unpaired) electrons. The van der Waals surface area contributed by atoms with Crippen LogP contribution in [0.1, 0.15) is 23.6 Å². The summed E-state index contributed by atoms with van der Waals surface area (Å²) in [5, 5.41) is 0. The van der Waals surface area contributed by atoms with Crippen LogP contribution in [-0.4, -0.2) is 46.8 Å². The number of carbonyl (C=O) groups is 1. The molecule has 0 bridgehead atoms. The molecule has 0 aliphatic heterocycles. The Morgan fingerprint density at radius 1 is 0.966 bits per heavy atom. The van der Waals surface area contributed by atoms with Crippen molar-refractivity contribution in [3.8, 4) is 34.1 Å². The van der Waals surface area contributed by atoms with E-state index in [0.29, 0.717) is 30.1 Å². The topological polar surface area (TPSA) is 74.3 Å². The highest BCUT2D eigenvalue weighted by Gasteiger charge is 2.30. The van der Waals surface area contributed by atoms with E-state index >= 15 is 0 Å². The maximum atomic E-state index is 12.7. The molecule has 1 aliphatic carbocycles. The van der Waals surface area contributed by atoms with Crippen LogP contribution in [0.4, 0.5) is 0 Å². The van der Waals surface area contributed by atoms with Crippen molar-refractivity contribution in [1.82, 2.24) is 4.90 Å². The van der Waals surface area contributed by atoms with Crippen molar-refractivity contribution >= 4 is 6.41 Å². The Morgan fingerprint density at radius 3 is 2.24 bits per heavy atom. The number of benzene rings is 1. The lowest BCUT2D eigenvalue weighted by atomic mass is 9.95. The van der Waals surface area contributed by atoms with Gasteiger partial charge in [-0.1, -0.05) is 6.07 Å². The average Bonchev–Trinajstić information content (AvgIpc) is 2.99. The lowest BCUT2D eigenvalue weighted by Gasteiger charge is -2.24. The normalized spacial score (nSPS) is 14.7. The molecule has 1 amide bonds. The van der Waals surface area contributed by atoms with Crippen LogP contribution < -0.4 is 24.4 Å². The van der Waals surface area contributed by atoms with E-state index < -0.39 is 0 Å². The molecule has 1 atom stereocenters. The Kier molecular flexibility index (Phi) is 5.96.